The first-order valence-electron chi connectivity index (χ1n) is 7.51. The van der Waals surface area contributed by atoms with Gasteiger partial charge in [0.05, 0.1) is 17.7 Å². The Hall–Kier alpha value is -1.91. The summed E-state index contributed by atoms with van der Waals surface area (Å²) in [5.41, 5.74) is 1.64. The van der Waals surface area contributed by atoms with Crippen molar-refractivity contribution in [2.24, 2.45) is 5.92 Å². The van der Waals surface area contributed by atoms with Gasteiger partial charge in [-0.05, 0) is 35.6 Å². The number of amides is 1. The molecule has 3 unspecified atom stereocenters. The number of nitrogens with one attached hydrogen (secondary N) is 1. The number of hydrogen-bond acceptors (Lipinski definition) is 2. The maximum atomic E-state index is 13.5. The predicted molar refractivity (Wildman–Crippen MR) is 86.7 cm³/mol. The molecule has 0 spiro atoms. The maximum Gasteiger partial charge on any atom is 0.224 e. The molecule has 0 saturated heterocycles. The molecule has 5 heteroatoms. The molecule has 23 heavy (non-hydrogen) atoms. The zero-order valence-corrected chi connectivity index (χ0v) is 13.1. The fourth-order valence-electron chi connectivity index (χ4n) is 2.80. The average Bonchev–Trinajstić information content (AvgIpc) is 3.37. The molecular weight excluding hydrogens is 317 g/mol. The third kappa shape index (κ3) is 3.54. The second-order valence-electron chi connectivity index (χ2n) is 5.78. The van der Waals surface area contributed by atoms with Crippen molar-refractivity contribution in [2.75, 3.05) is 6.61 Å². The van der Waals surface area contributed by atoms with Gasteiger partial charge in [0, 0.05) is 5.92 Å². The van der Waals surface area contributed by atoms with E-state index in [1.165, 1.54) is 12.1 Å². The van der Waals surface area contributed by atoms with E-state index in [1.807, 2.05) is 30.3 Å². The molecule has 2 aromatic rings. The highest BCUT2D eigenvalue weighted by molar-refractivity contribution is 6.30. The van der Waals surface area contributed by atoms with Crippen molar-refractivity contribution in [3.8, 4) is 0 Å². The minimum Gasteiger partial charge on any atom is -0.394 e. The molecule has 0 bridgehead atoms. The Kier molecular flexibility index (Phi) is 4.64. The Morgan fingerprint density at radius 2 is 2.04 bits per heavy atom. The number of halogens is 2. The third-order valence-electron chi connectivity index (χ3n) is 4.20. The Labute approximate surface area is 139 Å². The summed E-state index contributed by atoms with van der Waals surface area (Å²) in [6, 6.07) is 13.5. The van der Waals surface area contributed by atoms with Gasteiger partial charge in [-0.1, -0.05) is 48.0 Å². The third-order valence-corrected chi connectivity index (χ3v) is 4.51. The van der Waals surface area contributed by atoms with Crippen molar-refractivity contribution < 1.29 is 14.3 Å². The van der Waals surface area contributed by atoms with Gasteiger partial charge in [0.1, 0.15) is 5.82 Å². The second kappa shape index (κ2) is 6.69. The monoisotopic (exact) mass is 333 g/mol. The topological polar surface area (TPSA) is 49.3 Å². The number of benzene rings is 2. The molecule has 1 amide bonds. The minimum absolute atomic E-state index is 0.0168. The zero-order chi connectivity index (χ0) is 16.4. The lowest BCUT2D eigenvalue weighted by molar-refractivity contribution is -0.123. The first kappa shape index (κ1) is 16.0. The summed E-state index contributed by atoms with van der Waals surface area (Å²) in [7, 11) is 0. The van der Waals surface area contributed by atoms with E-state index in [4.69, 9.17) is 11.6 Å². The van der Waals surface area contributed by atoms with Crippen LogP contribution in [0.15, 0.2) is 48.5 Å². The van der Waals surface area contributed by atoms with Crippen LogP contribution >= 0.6 is 11.6 Å². The summed E-state index contributed by atoms with van der Waals surface area (Å²) in [6.45, 7) is -0.296. The second-order valence-corrected chi connectivity index (χ2v) is 6.18. The number of aliphatic hydroxyl groups is 1. The van der Waals surface area contributed by atoms with Crippen LogP contribution in [0.5, 0.6) is 0 Å². The van der Waals surface area contributed by atoms with Crippen molar-refractivity contribution in [3.63, 3.8) is 0 Å². The van der Waals surface area contributed by atoms with Gasteiger partial charge in [-0.25, -0.2) is 4.39 Å². The normalized spacial score (nSPS) is 20.8. The van der Waals surface area contributed by atoms with Crippen molar-refractivity contribution in [1.29, 1.82) is 0 Å². The summed E-state index contributed by atoms with van der Waals surface area (Å²) in [5.74, 6) is -0.556. The Morgan fingerprint density at radius 1 is 1.30 bits per heavy atom. The minimum atomic E-state index is -0.633. The van der Waals surface area contributed by atoms with Gasteiger partial charge < -0.3 is 10.4 Å². The van der Waals surface area contributed by atoms with E-state index < -0.39 is 11.9 Å². The lowest BCUT2D eigenvalue weighted by Crippen LogP contribution is -2.32. The smallest absolute Gasteiger partial charge is 0.224 e. The molecule has 0 radical (unpaired) electrons. The molecule has 3 nitrogen and oxygen atoms in total. The summed E-state index contributed by atoms with van der Waals surface area (Å²) >= 11 is 5.66. The van der Waals surface area contributed by atoms with Crippen molar-refractivity contribution in [1.82, 2.24) is 5.32 Å². The highest BCUT2D eigenvalue weighted by Crippen LogP contribution is 2.47. The predicted octanol–water partition coefficient (Wildman–Crippen LogP) is 3.43. The molecule has 1 aliphatic rings. The lowest BCUT2D eigenvalue weighted by atomic mass is 10.1. The van der Waals surface area contributed by atoms with Gasteiger partial charge in [0.2, 0.25) is 5.91 Å². The fourth-order valence-corrected chi connectivity index (χ4v) is 2.91. The van der Waals surface area contributed by atoms with Crippen molar-refractivity contribution in [3.05, 3.63) is 70.5 Å². The number of carbonyl (C=O) groups is 1. The van der Waals surface area contributed by atoms with Gasteiger partial charge in [-0.3, -0.25) is 4.79 Å². The van der Waals surface area contributed by atoms with E-state index in [0.717, 1.165) is 12.0 Å². The molecular formula is C18H17ClFNO2. The summed E-state index contributed by atoms with van der Waals surface area (Å²) < 4.78 is 13.5. The van der Waals surface area contributed by atoms with E-state index in [-0.39, 0.29) is 29.4 Å². The summed E-state index contributed by atoms with van der Waals surface area (Å²) in [5, 5.41) is 12.3. The Morgan fingerprint density at radius 3 is 2.70 bits per heavy atom. The molecule has 1 aliphatic carbocycles. The molecule has 3 rings (SSSR count). The van der Waals surface area contributed by atoms with Crippen LogP contribution in [0.25, 0.3) is 0 Å². The Bertz CT molecular complexity index is 707. The number of carbonyl (C=O) groups excluding carboxylic acids is 1. The zero-order valence-electron chi connectivity index (χ0n) is 12.4. The van der Waals surface area contributed by atoms with Crippen LogP contribution in [0, 0.1) is 11.7 Å². The van der Waals surface area contributed by atoms with E-state index >= 15 is 0 Å². The molecule has 0 heterocycles. The number of aliphatic hydroxyl groups excluding tert-OH is 1. The van der Waals surface area contributed by atoms with Gasteiger partial charge in [-0.2, -0.15) is 0 Å². The van der Waals surface area contributed by atoms with Gasteiger partial charge in [0.15, 0.2) is 0 Å². The first-order chi connectivity index (χ1) is 11.1. The highest BCUT2D eigenvalue weighted by atomic mass is 35.5. The summed E-state index contributed by atoms with van der Waals surface area (Å²) in [6.07, 6.45) is 0.795. The van der Waals surface area contributed by atoms with Crippen LogP contribution < -0.4 is 5.32 Å². The van der Waals surface area contributed by atoms with E-state index in [1.54, 1.807) is 6.07 Å². The highest BCUT2D eigenvalue weighted by Gasteiger charge is 2.44. The van der Waals surface area contributed by atoms with Crippen LogP contribution in [-0.2, 0) is 4.79 Å². The molecule has 0 aromatic heterocycles. The van der Waals surface area contributed by atoms with Crippen LogP contribution in [-0.4, -0.2) is 17.6 Å². The molecule has 0 aliphatic heterocycles. The molecule has 2 N–H and O–H groups in total. The molecule has 2 aromatic carbocycles. The number of hydrogen-bond donors (Lipinski definition) is 2. The maximum absolute atomic E-state index is 13.5. The standard InChI is InChI=1S/C18H17ClFNO2/c19-15-7-6-12(8-16(15)20)17(10-22)21-18(23)14-9-13(14)11-4-2-1-3-5-11/h1-8,13-14,17,22H,9-10H2,(H,21,23). The van der Waals surface area contributed by atoms with Crippen LogP contribution in [0.3, 0.4) is 0 Å². The van der Waals surface area contributed by atoms with Crippen LogP contribution in [0.2, 0.25) is 5.02 Å². The quantitative estimate of drug-likeness (QED) is 0.880. The SMILES string of the molecule is O=C(NC(CO)c1ccc(Cl)c(F)c1)C1CC1c1ccccc1. The van der Waals surface area contributed by atoms with Gasteiger partial charge in [-0.15, -0.1) is 0 Å². The van der Waals surface area contributed by atoms with E-state index in [2.05, 4.69) is 5.32 Å². The Balaban J connectivity index is 1.66. The molecule has 3 atom stereocenters. The number of rotatable bonds is 5. The lowest BCUT2D eigenvalue weighted by Gasteiger charge is -2.17. The molecule has 120 valence electrons. The van der Waals surface area contributed by atoms with Crippen molar-refractivity contribution in [2.45, 2.75) is 18.4 Å². The average molecular weight is 334 g/mol. The fraction of sp³-hybridized carbons (Fsp3) is 0.278. The largest absolute Gasteiger partial charge is 0.394 e. The van der Waals surface area contributed by atoms with Crippen LogP contribution in [0.1, 0.15) is 29.5 Å². The van der Waals surface area contributed by atoms with E-state index in [9.17, 15) is 14.3 Å². The van der Waals surface area contributed by atoms with Crippen molar-refractivity contribution >= 4 is 17.5 Å². The first-order valence-corrected chi connectivity index (χ1v) is 7.89. The van der Waals surface area contributed by atoms with Gasteiger partial charge in [0.25, 0.3) is 0 Å². The molecule has 1 saturated carbocycles. The summed E-state index contributed by atoms with van der Waals surface area (Å²) in [4.78, 5) is 12.3. The van der Waals surface area contributed by atoms with Gasteiger partial charge >= 0.3 is 0 Å². The van der Waals surface area contributed by atoms with E-state index in [0.29, 0.717) is 5.56 Å². The molecule has 1 fully saturated rings. The van der Waals surface area contributed by atoms with Crippen LogP contribution in [0.4, 0.5) is 4.39 Å².